The molecule has 0 spiro atoms. The lowest BCUT2D eigenvalue weighted by molar-refractivity contribution is -0.141. The van der Waals surface area contributed by atoms with Crippen LogP contribution in [0.15, 0.2) is 43.1 Å². The van der Waals surface area contributed by atoms with Crippen LogP contribution in [0.1, 0.15) is 40.6 Å². The maximum absolute atomic E-state index is 12.6. The molecule has 1 amide bonds. The van der Waals surface area contributed by atoms with Crippen molar-refractivity contribution in [1.82, 2.24) is 29.8 Å². The molecule has 1 saturated carbocycles. The monoisotopic (exact) mass is 402 g/mol. The number of amides is 1. The van der Waals surface area contributed by atoms with Crippen molar-refractivity contribution in [2.75, 3.05) is 0 Å². The molecule has 29 heavy (non-hydrogen) atoms. The summed E-state index contributed by atoms with van der Waals surface area (Å²) in [6.45, 7) is 0. The summed E-state index contributed by atoms with van der Waals surface area (Å²) in [7, 11) is 1.83. The van der Waals surface area contributed by atoms with Gasteiger partial charge in [-0.3, -0.25) is 9.78 Å². The topological polar surface area (TPSA) is 85.6 Å². The Morgan fingerprint density at radius 1 is 1.17 bits per heavy atom. The third-order valence-corrected chi connectivity index (χ3v) is 4.96. The van der Waals surface area contributed by atoms with Gasteiger partial charge < -0.3 is 9.88 Å². The van der Waals surface area contributed by atoms with Crippen LogP contribution in [0, 0.1) is 0 Å². The molecule has 0 unspecified atom stereocenters. The molecule has 0 atom stereocenters. The van der Waals surface area contributed by atoms with Crippen molar-refractivity contribution in [1.29, 1.82) is 0 Å². The van der Waals surface area contributed by atoms with Gasteiger partial charge in [-0.15, -0.1) is 0 Å². The Hall–Kier alpha value is -3.30. The average Bonchev–Trinajstić information content (AvgIpc) is 3.09. The van der Waals surface area contributed by atoms with Crippen molar-refractivity contribution in [3.63, 3.8) is 0 Å². The van der Waals surface area contributed by atoms with E-state index >= 15 is 0 Å². The molecule has 3 aromatic rings. The second-order valence-corrected chi connectivity index (χ2v) is 6.97. The highest BCUT2D eigenvalue weighted by molar-refractivity contribution is 5.91. The highest BCUT2D eigenvalue weighted by Gasteiger charge is 2.35. The molecular formula is C19H17F3N6O. The molecule has 1 N–H and O–H groups in total. The van der Waals surface area contributed by atoms with Crippen LogP contribution in [-0.2, 0) is 13.2 Å². The van der Waals surface area contributed by atoms with Crippen molar-refractivity contribution in [2.24, 2.45) is 7.05 Å². The van der Waals surface area contributed by atoms with Gasteiger partial charge >= 0.3 is 6.18 Å². The minimum Gasteiger partial charge on any atom is -0.347 e. The molecule has 7 nitrogen and oxygen atoms in total. The van der Waals surface area contributed by atoms with Gasteiger partial charge in [-0.25, -0.2) is 15.0 Å². The van der Waals surface area contributed by atoms with Crippen molar-refractivity contribution in [2.45, 2.75) is 31.0 Å². The second kappa shape index (κ2) is 7.26. The minimum absolute atomic E-state index is 0.0587. The van der Waals surface area contributed by atoms with E-state index < -0.39 is 11.9 Å². The molecule has 10 heteroatoms. The van der Waals surface area contributed by atoms with Crippen LogP contribution in [0.2, 0.25) is 0 Å². The average molecular weight is 402 g/mol. The molecule has 1 fully saturated rings. The number of aromatic nitrogens is 5. The van der Waals surface area contributed by atoms with E-state index in [0.717, 1.165) is 17.3 Å². The van der Waals surface area contributed by atoms with E-state index in [4.69, 9.17) is 0 Å². The maximum atomic E-state index is 12.6. The number of hydrogen-bond donors (Lipinski definition) is 1. The minimum atomic E-state index is -4.45. The number of carbonyl (C=O) groups excluding carboxylic acids is 1. The zero-order chi connectivity index (χ0) is 20.6. The molecule has 150 valence electrons. The van der Waals surface area contributed by atoms with E-state index in [1.165, 1.54) is 18.5 Å². The SMILES string of the molecule is Cn1cncc1-c1ccnc(C(=O)NC2CC(c3ccc(C(F)(F)F)nc3)C2)n1. The number of hydrogen-bond acceptors (Lipinski definition) is 5. The van der Waals surface area contributed by atoms with Gasteiger partial charge in [0.05, 0.1) is 23.9 Å². The largest absolute Gasteiger partial charge is 0.433 e. The van der Waals surface area contributed by atoms with Gasteiger partial charge in [0.1, 0.15) is 5.69 Å². The van der Waals surface area contributed by atoms with Crippen LogP contribution < -0.4 is 5.32 Å². The molecule has 0 bridgehead atoms. The van der Waals surface area contributed by atoms with Gasteiger partial charge in [0.25, 0.3) is 5.91 Å². The summed E-state index contributed by atoms with van der Waals surface area (Å²) in [6.07, 6.45) is 2.87. The molecule has 0 radical (unpaired) electrons. The van der Waals surface area contributed by atoms with Crippen molar-refractivity contribution >= 4 is 5.91 Å². The summed E-state index contributed by atoms with van der Waals surface area (Å²) in [6, 6.07) is 4.04. The fraction of sp³-hybridized carbons (Fsp3) is 0.316. The highest BCUT2D eigenvalue weighted by atomic mass is 19.4. The van der Waals surface area contributed by atoms with Crippen LogP contribution in [0.4, 0.5) is 13.2 Å². The first-order chi connectivity index (χ1) is 13.8. The molecule has 3 heterocycles. The van der Waals surface area contributed by atoms with Crippen LogP contribution in [-0.4, -0.2) is 36.5 Å². The highest BCUT2D eigenvalue weighted by Crippen LogP contribution is 2.37. The first-order valence-corrected chi connectivity index (χ1v) is 8.95. The lowest BCUT2D eigenvalue weighted by Crippen LogP contribution is -2.43. The van der Waals surface area contributed by atoms with Gasteiger partial charge in [-0.05, 0) is 36.5 Å². The summed E-state index contributed by atoms with van der Waals surface area (Å²) < 4.78 is 39.6. The Labute approximate surface area is 164 Å². The molecule has 0 aliphatic heterocycles. The fourth-order valence-electron chi connectivity index (χ4n) is 3.29. The molecule has 1 aliphatic rings. The Bertz CT molecular complexity index is 1020. The van der Waals surface area contributed by atoms with Crippen molar-refractivity contribution in [3.8, 4) is 11.4 Å². The number of aryl methyl sites for hydroxylation is 1. The maximum Gasteiger partial charge on any atom is 0.433 e. The van der Waals surface area contributed by atoms with Gasteiger partial charge in [0, 0.05) is 25.5 Å². The number of rotatable bonds is 4. The first kappa shape index (κ1) is 19.0. The molecular weight excluding hydrogens is 385 g/mol. The van der Waals surface area contributed by atoms with E-state index in [0.29, 0.717) is 18.5 Å². The van der Waals surface area contributed by atoms with Gasteiger partial charge in [-0.1, -0.05) is 6.07 Å². The van der Waals surface area contributed by atoms with E-state index in [9.17, 15) is 18.0 Å². The molecule has 0 saturated heterocycles. The van der Waals surface area contributed by atoms with Crippen molar-refractivity contribution in [3.05, 3.63) is 60.2 Å². The van der Waals surface area contributed by atoms with Crippen LogP contribution in [0.5, 0.6) is 0 Å². The number of halogens is 3. The predicted molar refractivity (Wildman–Crippen MR) is 96.7 cm³/mol. The Morgan fingerprint density at radius 3 is 2.59 bits per heavy atom. The van der Waals surface area contributed by atoms with E-state index in [1.54, 1.807) is 23.2 Å². The van der Waals surface area contributed by atoms with Crippen molar-refractivity contribution < 1.29 is 18.0 Å². The van der Waals surface area contributed by atoms with E-state index in [1.807, 2.05) is 7.05 Å². The molecule has 0 aromatic carbocycles. The number of alkyl halides is 3. The standard InChI is InChI=1S/C19H17F3N6O/c1-28-10-23-9-15(28)14-4-5-24-17(27-14)18(29)26-13-6-12(7-13)11-2-3-16(25-8-11)19(20,21)22/h2-5,8-10,12-13H,6-7H2,1H3,(H,26,29). The van der Waals surface area contributed by atoms with Gasteiger partial charge in [-0.2, -0.15) is 13.2 Å². The molecule has 1 aliphatic carbocycles. The van der Waals surface area contributed by atoms with E-state index in [2.05, 4.69) is 25.3 Å². The summed E-state index contributed by atoms with van der Waals surface area (Å²) in [5, 5.41) is 2.87. The Morgan fingerprint density at radius 2 is 1.97 bits per heavy atom. The van der Waals surface area contributed by atoms with E-state index in [-0.39, 0.29) is 23.7 Å². The summed E-state index contributed by atoms with van der Waals surface area (Å²) >= 11 is 0. The lowest BCUT2D eigenvalue weighted by atomic mass is 9.76. The normalized spacial score (nSPS) is 18.9. The Balaban J connectivity index is 1.36. The number of nitrogens with one attached hydrogen (secondary N) is 1. The number of nitrogens with zero attached hydrogens (tertiary/aromatic N) is 5. The zero-order valence-electron chi connectivity index (χ0n) is 15.4. The van der Waals surface area contributed by atoms with Crippen LogP contribution in [0.3, 0.4) is 0 Å². The molecule has 3 aromatic heterocycles. The smallest absolute Gasteiger partial charge is 0.347 e. The molecule has 4 rings (SSSR count). The van der Waals surface area contributed by atoms with Gasteiger partial charge in [0.2, 0.25) is 5.82 Å². The third-order valence-electron chi connectivity index (χ3n) is 4.96. The summed E-state index contributed by atoms with van der Waals surface area (Å²) in [4.78, 5) is 28.3. The zero-order valence-corrected chi connectivity index (χ0v) is 15.4. The third kappa shape index (κ3) is 3.96. The van der Waals surface area contributed by atoms with Gasteiger partial charge in [0.15, 0.2) is 0 Å². The second-order valence-electron chi connectivity index (χ2n) is 6.97. The quantitative estimate of drug-likeness (QED) is 0.725. The Kier molecular flexibility index (Phi) is 4.77. The fourth-order valence-corrected chi connectivity index (χ4v) is 3.29. The lowest BCUT2D eigenvalue weighted by Gasteiger charge is -2.35. The first-order valence-electron chi connectivity index (χ1n) is 8.95. The number of imidazole rings is 1. The number of pyridine rings is 1. The summed E-state index contributed by atoms with van der Waals surface area (Å²) in [5.41, 5.74) is 1.18. The van der Waals surface area contributed by atoms with Crippen LogP contribution >= 0.6 is 0 Å². The summed E-state index contributed by atoms with van der Waals surface area (Å²) in [5.74, 6) is -0.261. The van der Waals surface area contributed by atoms with Crippen LogP contribution in [0.25, 0.3) is 11.4 Å². The number of carbonyl (C=O) groups is 1. The predicted octanol–water partition coefficient (Wildman–Crippen LogP) is 2.97.